The average Bonchev–Trinajstić information content (AvgIpc) is 3.24. The molecule has 0 amide bonds. The molecule has 1 aromatic rings. The van der Waals surface area contributed by atoms with E-state index in [1.165, 1.54) is 5.01 Å². The van der Waals surface area contributed by atoms with Gasteiger partial charge in [0, 0.05) is 6.04 Å². The Kier molecular flexibility index (Phi) is 4.21. The molecule has 128 valence electrons. The zero-order valence-electron chi connectivity index (χ0n) is 13.9. The van der Waals surface area contributed by atoms with Gasteiger partial charge in [-0.25, -0.2) is 10.4 Å². The molecule has 0 radical (unpaired) electrons. The standard InChI is InChI=1S/C18H25F3N2/c1-12(2)15-10-9-13(3)11-16(15)23-17(22-23,18(19,20)21)14-7-5-4-6-8-14/h4-8,12-13,15-16,22H,9-11H2,1-3H3/t13-,15+,16?,17?,23?/m1/s1. The van der Waals surface area contributed by atoms with Gasteiger partial charge in [0.1, 0.15) is 0 Å². The zero-order valence-corrected chi connectivity index (χ0v) is 13.9. The highest BCUT2D eigenvalue weighted by atomic mass is 19.4. The van der Waals surface area contributed by atoms with Crippen LogP contribution in [-0.2, 0) is 5.66 Å². The second-order valence-electron chi connectivity index (χ2n) is 7.45. The van der Waals surface area contributed by atoms with Crippen LogP contribution in [0.15, 0.2) is 30.3 Å². The molecule has 23 heavy (non-hydrogen) atoms. The molecule has 1 N–H and O–H groups in total. The van der Waals surface area contributed by atoms with Crippen LogP contribution >= 0.6 is 0 Å². The van der Waals surface area contributed by atoms with Crippen LogP contribution in [0.4, 0.5) is 13.2 Å². The number of halogens is 3. The fraction of sp³-hybridized carbons (Fsp3) is 0.667. The van der Waals surface area contributed by atoms with Crippen molar-refractivity contribution in [3.8, 4) is 0 Å². The number of nitrogens with zero attached hydrogens (tertiary/aromatic N) is 1. The lowest BCUT2D eigenvalue weighted by Crippen LogP contribution is -2.44. The molecular formula is C18H25F3N2. The van der Waals surface area contributed by atoms with E-state index in [0.29, 0.717) is 17.8 Å². The zero-order chi connectivity index (χ0) is 16.8. The SMILES string of the molecule is CC(C)[C@@H]1CC[C@@H](C)CC1N1NC1(c1ccccc1)C(F)(F)F. The van der Waals surface area contributed by atoms with Gasteiger partial charge >= 0.3 is 6.18 Å². The first kappa shape index (κ1) is 16.8. The van der Waals surface area contributed by atoms with Crippen molar-refractivity contribution in [1.82, 2.24) is 10.4 Å². The van der Waals surface area contributed by atoms with Crippen LogP contribution in [-0.4, -0.2) is 17.2 Å². The third kappa shape index (κ3) is 2.78. The van der Waals surface area contributed by atoms with E-state index in [-0.39, 0.29) is 11.6 Å². The summed E-state index contributed by atoms with van der Waals surface area (Å²) in [5.74, 6) is 1.15. The molecule has 2 fully saturated rings. The summed E-state index contributed by atoms with van der Waals surface area (Å²) >= 11 is 0. The van der Waals surface area contributed by atoms with Gasteiger partial charge in [-0.3, -0.25) is 0 Å². The molecular weight excluding hydrogens is 301 g/mol. The molecule has 0 bridgehead atoms. The quantitative estimate of drug-likeness (QED) is 0.816. The van der Waals surface area contributed by atoms with Gasteiger partial charge in [0.25, 0.3) is 0 Å². The highest BCUT2D eigenvalue weighted by Gasteiger charge is 2.73. The number of rotatable bonds is 3. The minimum absolute atomic E-state index is 0.0689. The topological polar surface area (TPSA) is 25.0 Å². The number of hydrazine groups is 1. The average molecular weight is 326 g/mol. The summed E-state index contributed by atoms with van der Waals surface area (Å²) in [5, 5.41) is 1.49. The van der Waals surface area contributed by atoms with Gasteiger partial charge < -0.3 is 0 Å². The van der Waals surface area contributed by atoms with E-state index in [4.69, 9.17) is 0 Å². The molecule has 1 saturated heterocycles. The summed E-state index contributed by atoms with van der Waals surface area (Å²) in [6, 6.07) is 8.16. The first-order chi connectivity index (χ1) is 10.8. The summed E-state index contributed by atoms with van der Waals surface area (Å²) in [6.07, 6.45) is -1.40. The highest BCUT2D eigenvalue weighted by Crippen LogP contribution is 2.54. The molecule has 1 aromatic carbocycles. The minimum atomic E-state index is -4.34. The molecule has 1 heterocycles. The first-order valence-corrected chi connectivity index (χ1v) is 8.46. The molecule has 2 nitrogen and oxygen atoms in total. The maximum absolute atomic E-state index is 13.9. The number of nitrogens with one attached hydrogen (secondary N) is 1. The second kappa shape index (κ2) is 5.78. The Morgan fingerprint density at radius 2 is 1.83 bits per heavy atom. The van der Waals surface area contributed by atoms with Crippen LogP contribution in [0.3, 0.4) is 0 Å². The molecule has 3 rings (SSSR count). The smallest absolute Gasteiger partial charge is 0.219 e. The summed E-state index contributed by atoms with van der Waals surface area (Å²) in [4.78, 5) is 0. The Bertz CT molecular complexity index is 543. The molecule has 1 aliphatic heterocycles. The summed E-state index contributed by atoms with van der Waals surface area (Å²) in [7, 11) is 0. The number of hydrogen-bond acceptors (Lipinski definition) is 2. The van der Waals surface area contributed by atoms with Crippen molar-refractivity contribution in [3.05, 3.63) is 35.9 Å². The van der Waals surface area contributed by atoms with Crippen LogP contribution in [0.2, 0.25) is 0 Å². The molecule has 2 aliphatic rings. The molecule has 1 saturated carbocycles. The normalized spacial score (nSPS) is 37.9. The van der Waals surface area contributed by atoms with Crippen LogP contribution in [0.1, 0.15) is 45.6 Å². The molecule has 0 spiro atoms. The van der Waals surface area contributed by atoms with Crippen molar-refractivity contribution in [2.24, 2.45) is 17.8 Å². The minimum Gasteiger partial charge on any atom is -0.219 e. The third-order valence-corrected chi connectivity index (χ3v) is 5.51. The second-order valence-corrected chi connectivity index (χ2v) is 7.45. The van der Waals surface area contributed by atoms with E-state index in [0.717, 1.165) is 19.3 Å². The van der Waals surface area contributed by atoms with Crippen LogP contribution in [0.5, 0.6) is 0 Å². The van der Waals surface area contributed by atoms with Gasteiger partial charge in [-0.1, -0.05) is 57.5 Å². The largest absolute Gasteiger partial charge is 0.426 e. The van der Waals surface area contributed by atoms with E-state index < -0.39 is 11.8 Å². The van der Waals surface area contributed by atoms with E-state index in [2.05, 4.69) is 26.2 Å². The first-order valence-electron chi connectivity index (χ1n) is 8.46. The van der Waals surface area contributed by atoms with Crippen LogP contribution in [0.25, 0.3) is 0 Å². The number of hydrogen-bond donors (Lipinski definition) is 1. The highest BCUT2D eigenvalue weighted by molar-refractivity contribution is 5.31. The maximum Gasteiger partial charge on any atom is 0.426 e. The number of alkyl halides is 3. The molecule has 5 heteroatoms. The van der Waals surface area contributed by atoms with Crippen molar-refractivity contribution in [1.29, 1.82) is 0 Å². The lowest BCUT2D eigenvalue weighted by atomic mass is 9.73. The lowest BCUT2D eigenvalue weighted by molar-refractivity contribution is -0.180. The Labute approximate surface area is 136 Å². The molecule has 1 aliphatic carbocycles. The van der Waals surface area contributed by atoms with Gasteiger partial charge in [-0.2, -0.15) is 13.2 Å². The Morgan fingerprint density at radius 1 is 1.17 bits per heavy atom. The van der Waals surface area contributed by atoms with Crippen molar-refractivity contribution < 1.29 is 13.2 Å². The van der Waals surface area contributed by atoms with Crippen LogP contribution < -0.4 is 5.43 Å². The predicted octanol–water partition coefficient (Wildman–Crippen LogP) is 4.68. The maximum atomic E-state index is 13.9. The van der Waals surface area contributed by atoms with E-state index >= 15 is 0 Å². The van der Waals surface area contributed by atoms with Crippen molar-refractivity contribution in [3.63, 3.8) is 0 Å². The Balaban J connectivity index is 1.94. The predicted molar refractivity (Wildman–Crippen MR) is 84.3 cm³/mol. The molecule has 3 unspecified atom stereocenters. The van der Waals surface area contributed by atoms with Gasteiger partial charge in [-0.05, 0) is 36.2 Å². The van der Waals surface area contributed by atoms with Gasteiger partial charge in [0.15, 0.2) is 0 Å². The van der Waals surface area contributed by atoms with Crippen molar-refractivity contribution in [2.45, 2.75) is 57.9 Å². The van der Waals surface area contributed by atoms with E-state index in [9.17, 15) is 13.2 Å². The van der Waals surface area contributed by atoms with Crippen LogP contribution in [0, 0.1) is 17.8 Å². The summed E-state index contributed by atoms with van der Waals surface area (Å²) < 4.78 is 41.7. The molecule has 0 aromatic heterocycles. The van der Waals surface area contributed by atoms with Crippen molar-refractivity contribution in [2.75, 3.05) is 0 Å². The van der Waals surface area contributed by atoms with E-state index in [1.54, 1.807) is 30.3 Å². The van der Waals surface area contributed by atoms with E-state index in [1.807, 2.05) is 0 Å². The fourth-order valence-corrected chi connectivity index (χ4v) is 4.18. The fourth-order valence-electron chi connectivity index (χ4n) is 4.18. The Hall–Kier alpha value is -1.07. The van der Waals surface area contributed by atoms with Gasteiger partial charge in [0.2, 0.25) is 5.66 Å². The summed E-state index contributed by atoms with van der Waals surface area (Å²) in [6.45, 7) is 6.38. The lowest BCUT2D eigenvalue weighted by Gasteiger charge is -2.38. The number of benzene rings is 1. The third-order valence-electron chi connectivity index (χ3n) is 5.51. The monoisotopic (exact) mass is 326 g/mol. The van der Waals surface area contributed by atoms with Gasteiger partial charge in [-0.15, -0.1) is 0 Å². The van der Waals surface area contributed by atoms with Crippen molar-refractivity contribution >= 4 is 0 Å². The summed E-state index contributed by atoms with van der Waals surface area (Å²) in [5.41, 5.74) is 0.997. The van der Waals surface area contributed by atoms with Gasteiger partial charge in [0.05, 0.1) is 0 Å². The molecule has 5 atom stereocenters. The Morgan fingerprint density at radius 3 is 2.39 bits per heavy atom.